The first kappa shape index (κ1) is 16.7. The first-order valence-corrected chi connectivity index (χ1v) is 7.70. The summed E-state index contributed by atoms with van der Waals surface area (Å²) in [6.45, 7) is 1.45. The minimum absolute atomic E-state index is 0.0654. The lowest BCUT2D eigenvalue weighted by atomic mass is 10.1. The Morgan fingerprint density at radius 1 is 1.12 bits per heavy atom. The Morgan fingerprint density at radius 3 is 2.44 bits per heavy atom. The van der Waals surface area contributed by atoms with E-state index in [2.05, 4.69) is 4.99 Å². The third kappa shape index (κ3) is 3.38. The minimum Gasteiger partial charge on any atom is -0.497 e. The summed E-state index contributed by atoms with van der Waals surface area (Å²) in [5.74, 6) is -0.744. The van der Waals surface area contributed by atoms with Gasteiger partial charge in [0.25, 0.3) is 5.54 Å². The first-order valence-electron chi connectivity index (χ1n) is 7.70. The number of nitrogens with zero attached hydrogens (tertiary/aromatic N) is 1. The van der Waals surface area contributed by atoms with Crippen molar-refractivity contribution in [2.24, 2.45) is 4.99 Å². The zero-order valence-electron chi connectivity index (χ0n) is 13.9. The molecule has 0 saturated carbocycles. The van der Waals surface area contributed by atoms with Crippen molar-refractivity contribution in [1.29, 1.82) is 0 Å². The summed E-state index contributed by atoms with van der Waals surface area (Å²) < 4.78 is 15.5. The lowest BCUT2D eigenvalue weighted by molar-refractivity contribution is -0.158. The second-order valence-electron chi connectivity index (χ2n) is 5.67. The predicted molar refractivity (Wildman–Crippen MR) is 90.3 cm³/mol. The SMILES string of the molecule is COc1ccc(C2=N[C@](C)(C(=O)OCc3ccccc3)C(=O)O2)cc1. The standard InChI is InChI=1S/C19H17NO5/c1-19(17(21)24-12-13-6-4-3-5-7-13)18(22)25-16(20-19)14-8-10-15(23-2)11-9-14/h3-11H,12H2,1-2H3/t19-/m1/s1. The van der Waals surface area contributed by atoms with Crippen molar-refractivity contribution in [3.8, 4) is 5.75 Å². The molecule has 0 radical (unpaired) electrons. The van der Waals surface area contributed by atoms with Crippen LogP contribution in [0.5, 0.6) is 5.75 Å². The highest BCUT2D eigenvalue weighted by atomic mass is 16.6. The number of esters is 2. The molecule has 0 fully saturated rings. The molecule has 2 aromatic carbocycles. The molecule has 3 rings (SSSR count). The molecule has 0 aromatic heterocycles. The van der Waals surface area contributed by atoms with Crippen LogP contribution in [0.15, 0.2) is 59.6 Å². The second-order valence-corrected chi connectivity index (χ2v) is 5.67. The molecule has 1 aliphatic heterocycles. The number of benzene rings is 2. The summed E-state index contributed by atoms with van der Waals surface area (Å²) >= 11 is 0. The molecule has 6 nitrogen and oxygen atoms in total. The van der Waals surface area contributed by atoms with Gasteiger partial charge in [-0.1, -0.05) is 30.3 Å². The molecule has 0 unspecified atom stereocenters. The van der Waals surface area contributed by atoms with Crippen LogP contribution in [0.1, 0.15) is 18.1 Å². The Bertz CT molecular complexity index is 813. The molecule has 128 valence electrons. The Balaban J connectivity index is 1.75. The van der Waals surface area contributed by atoms with Crippen LogP contribution in [0.2, 0.25) is 0 Å². The zero-order valence-corrected chi connectivity index (χ0v) is 13.9. The van der Waals surface area contributed by atoms with Crippen LogP contribution < -0.4 is 4.74 Å². The third-order valence-electron chi connectivity index (χ3n) is 3.86. The Hall–Kier alpha value is -3.15. The average Bonchev–Trinajstić information content (AvgIpc) is 2.97. The van der Waals surface area contributed by atoms with Crippen molar-refractivity contribution in [3.63, 3.8) is 0 Å². The fourth-order valence-electron chi connectivity index (χ4n) is 2.31. The van der Waals surface area contributed by atoms with E-state index in [9.17, 15) is 9.59 Å². The number of methoxy groups -OCH3 is 1. The molecule has 2 aromatic rings. The van der Waals surface area contributed by atoms with Gasteiger partial charge in [0.05, 0.1) is 7.11 Å². The number of ether oxygens (including phenoxy) is 3. The van der Waals surface area contributed by atoms with Gasteiger partial charge in [-0.2, -0.15) is 0 Å². The molecule has 0 N–H and O–H groups in total. The zero-order chi connectivity index (χ0) is 17.9. The van der Waals surface area contributed by atoms with Crippen LogP contribution in [0.4, 0.5) is 0 Å². The van der Waals surface area contributed by atoms with Crippen LogP contribution in [0.25, 0.3) is 0 Å². The van der Waals surface area contributed by atoms with Gasteiger partial charge in [-0.3, -0.25) is 0 Å². The largest absolute Gasteiger partial charge is 0.497 e. The van der Waals surface area contributed by atoms with Gasteiger partial charge in [-0.05, 0) is 36.8 Å². The number of carbonyl (C=O) groups is 2. The lowest BCUT2D eigenvalue weighted by Gasteiger charge is -2.14. The Kier molecular flexibility index (Phi) is 4.52. The van der Waals surface area contributed by atoms with Crippen LogP contribution in [0, 0.1) is 0 Å². The van der Waals surface area contributed by atoms with Crippen LogP contribution >= 0.6 is 0 Å². The van der Waals surface area contributed by atoms with Crippen molar-refractivity contribution in [2.45, 2.75) is 19.1 Å². The summed E-state index contributed by atoms with van der Waals surface area (Å²) in [5, 5.41) is 0. The molecule has 1 atom stereocenters. The lowest BCUT2D eigenvalue weighted by Crippen LogP contribution is -2.40. The van der Waals surface area contributed by atoms with E-state index in [-0.39, 0.29) is 12.5 Å². The number of hydrogen-bond donors (Lipinski definition) is 0. The smallest absolute Gasteiger partial charge is 0.352 e. The molecule has 1 aliphatic rings. The van der Waals surface area contributed by atoms with Gasteiger partial charge >= 0.3 is 11.9 Å². The van der Waals surface area contributed by atoms with Crippen molar-refractivity contribution in [3.05, 3.63) is 65.7 Å². The van der Waals surface area contributed by atoms with Gasteiger partial charge in [-0.25, -0.2) is 14.6 Å². The quantitative estimate of drug-likeness (QED) is 0.618. The number of aliphatic imine (C=N–C) groups is 1. The molecule has 0 bridgehead atoms. The van der Waals surface area contributed by atoms with Crippen LogP contribution in [-0.4, -0.2) is 30.5 Å². The fourth-order valence-corrected chi connectivity index (χ4v) is 2.31. The van der Waals surface area contributed by atoms with E-state index in [1.165, 1.54) is 6.92 Å². The summed E-state index contributed by atoms with van der Waals surface area (Å²) in [4.78, 5) is 28.7. The topological polar surface area (TPSA) is 74.2 Å². The van der Waals surface area contributed by atoms with Gasteiger partial charge in [0.1, 0.15) is 12.4 Å². The molecule has 1 heterocycles. The van der Waals surface area contributed by atoms with E-state index in [4.69, 9.17) is 14.2 Å². The van der Waals surface area contributed by atoms with Crippen LogP contribution in [0.3, 0.4) is 0 Å². The number of carbonyl (C=O) groups excluding carboxylic acids is 2. The maximum atomic E-state index is 12.4. The van der Waals surface area contributed by atoms with Crippen LogP contribution in [-0.2, 0) is 25.7 Å². The highest BCUT2D eigenvalue weighted by molar-refractivity contribution is 6.16. The molecule has 6 heteroatoms. The molecular weight excluding hydrogens is 322 g/mol. The average molecular weight is 339 g/mol. The number of cyclic esters (lactones) is 1. The van der Waals surface area contributed by atoms with Gasteiger partial charge in [-0.15, -0.1) is 0 Å². The normalized spacial score (nSPS) is 19.1. The van der Waals surface area contributed by atoms with Crippen molar-refractivity contribution in [2.75, 3.05) is 7.11 Å². The molecule has 25 heavy (non-hydrogen) atoms. The molecule has 0 saturated heterocycles. The minimum atomic E-state index is -1.70. The summed E-state index contributed by atoms with van der Waals surface area (Å²) in [6.07, 6.45) is 0. The summed E-state index contributed by atoms with van der Waals surface area (Å²) in [6, 6.07) is 16.0. The van der Waals surface area contributed by atoms with Gasteiger partial charge in [0.2, 0.25) is 5.90 Å². The van der Waals surface area contributed by atoms with E-state index < -0.39 is 17.5 Å². The van der Waals surface area contributed by atoms with E-state index in [0.717, 1.165) is 5.56 Å². The Labute approximate surface area is 145 Å². The first-order chi connectivity index (χ1) is 12.0. The highest BCUT2D eigenvalue weighted by Crippen LogP contribution is 2.26. The molecule has 0 aliphatic carbocycles. The second kappa shape index (κ2) is 6.76. The van der Waals surface area contributed by atoms with E-state index in [1.807, 2.05) is 30.3 Å². The monoisotopic (exact) mass is 339 g/mol. The summed E-state index contributed by atoms with van der Waals surface area (Å²) in [7, 11) is 1.56. The third-order valence-corrected chi connectivity index (χ3v) is 3.86. The maximum absolute atomic E-state index is 12.4. The maximum Gasteiger partial charge on any atom is 0.352 e. The van der Waals surface area contributed by atoms with Crippen molar-refractivity contribution >= 4 is 17.8 Å². The number of hydrogen-bond acceptors (Lipinski definition) is 6. The van der Waals surface area contributed by atoms with Gasteiger partial charge in [0, 0.05) is 5.56 Å². The van der Waals surface area contributed by atoms with Crippen molar-refractivity contribution < 1.29 is 23.8 Å². The van der Waals surface area contributed by atoms with Gasteiger partial charge < -0.3 is 14.2 Å². The molecular formula is C19H17NO5. The fraction of sp³-hybridized carbons (Fsp3) is 0.211. The molecule has 0 spiro atoms. The van der Waals surface area contributed by atoms with Gasteiger partial charge in [0.15, 0.2) is 0 Å². The van der Waals surface area contributed by atoms with Crippen molar-refractivity contribution in [1.82, 2.24) is 0 Å². The highest BCUT2D eigenvalue weighted by Gasteiger charge is 2.50. The van der Waals surface area contributed by atoms with E-state index in [1.54, 1.807) is 31.4 Å². The number of rotatable bonds is 5. The predicted octanol–water partition coefficient (Wildman–Crippen LogP) is 2.50. The summed E-state index contributed by atoms with van der Waals surface area (Å²) in [5.41, 5.74) is -0.303. The van der Waals surface area contributed by atoms with E-state index in [0.29, 0.717) is 11.3 Å². The van der Waals surface area contributed by atoms with E-state index >= 15 is 0 Å². The Morgan fingerprint density at radius 2 is 1.80 bits per heavy atom. The molecule has 0 amide bonds.